The van der Waals surface area contributed by atoms with Gasteiger partial charge in [-0.25, -0.2) is 9.18 Å². The number of pyridine rings is 1. The summed E-state index contributed by atoms with van der Waals surface area (Å²) in [5.41, 5.74) is -1.92. The normalized spacial score (nSPS) is 19.6. The van der Waals surface area contributed by atoms with E-state index in [-0.39, 0.29) is 23.7 Å². The Morgan fingerprint density at radius 2 is 1.68 bits per heavy atom. The van der Waals surface area contributed by atoms with Crippen LogP contribution in [0.15, 0.2) is 66.9 Å². The fourth-order valence-corrected chi connectivity index (χ4v) is 4.98. The third kappa shape index (κ3) is 6.60. The maximum atomic E-state index is 14.7. The zero-order chi connectivity index (χ0) is 26.6. The molecule has 0 bridgehead atoms. The van der Waals surface area contributed by atoms with E-state index in [1.807, 2.05) is 0 Å². The molecule has 4 rings (SSSR count). The van der Waals surface area contributed by atoms with Crippen LogP contribution in [-0.2, 0) is 18.1 Å². The van der Waals surface area contributed by atoms with E-state index in [0.29, 0.717) is 22.6 Å². The fourth-order valence-electron chi connectivity index (χ4n) is 4.87. The van der Waals surface area contributed by atoms with Gasteiger partial charge >= 0.3 is 12.2 Å². The van der Waals surface area contributed by atoms with Crippen molar-refractivity contribution in [2.75, 3.05) is 0 Å². The third-order valence-electron chi connectivity index (χ3n) is 6.87. The van der Waals surface area contributed by atoms with Crippen molar-refractivity contribution in [3.8, 4) is 0 Å². The molecule has 1 atom stereocenters. The van der Waals surface area contributed by atoms with Crippen LogP contribution in [0.1, 0.15) is 55.0 Å². The molecule has 1 aliphatic carbocycles. The molecule has 1 saturated carbocycles. The van der Waals surface area contributed by atoms with E-state index < -0.39 is 29.1 Å². The number of hydrogen-bond donors (Lipinski definition) is 2. The first-order chi connectivity index (χ1) is 17.5. The zero-order valence-corrected chi connectivity index (χ0v) is 21.0. The van der Waals surface area contributed by atoms with E-state index in [9.17, 15) is 22.4 Å². The monoisotopic (exact) mass is 533 g/mol. The Morgan fingerprint density at radius 3 is 2.30 bits per heavy atom. The lowest BCUT2D eigenvalue weighted by molar-refractivity contribution is -0.137. The van der Waals surface area contributed by atoms with E-state index in [4.69, 9.17) is 11.6 Å². The molecule has 1 aliphatic rings. The van der Waals surface area contributed by atoms with E-state index in [1.165, 1.54) is 18.3 Å². The molecule has 0 unspecified atom stereocenters. The molecule has 0 aliphatic heterocycles. The number of nitrogens with one attached hydrogen (secondary N) is 2. The van der Waals surface area contributed by atoms with Crippen molar-refractivity contribution in [3.63, 3.8) is 0 Å². The second kappa shape index (κ2) is 11.1. The van der Waals surface area contributed by atoms with Gasteiger partial charge in [-0.15, -0.1) is 0 Å². The molecule has 0 spiro atoms. The van der Waals surface area contributed by atoms with Crippen LogP contribution in [0.2, 0.25) is 5.02 Å². The SMILES string of the molecule is C[C@H]1CC[C@H](NC(=O)N[C@](Cc2ccccc2)(c2cc(F)cc(C(F)(F)F)c2)c2ccc(Cl)cn2)CC1. The van der Waals surface area contributed by atoms with E-state index in [2.05, 4.69) is 22.5 Å². The summed E-state index contributed by atoms with van der Waals surface area (Å²) in [6.45, 7) is 2.16. The quantitative estimate of drug-likeness (QED) is 0.328. The minimum atomic E-state index is -4.79. The molecule has 2 N–H and O–H groups in total. The number of carbonyl (C=O) groups is 1. The molecule has 1 aromatic heterocycles. The van der Waals surface area contributed by atoms with Gasteiger partial charge in [-0.1, -0.05) is 48.9 Å². The summed E-state index contributed by atoms with van der Waals surface area (Å²) in [4.78, 5) is 17.8. The van der Waals surface area contributed by atoms with Gasteiger partial charge in [0.2, 0.25) is 0 Å². The van der Waals surface area contributed by atoms with Crippen molar-refractivity contribution < 1.29 is 22.4 Å². The molecule has 2 aromatic carbocycles. The average Bonchev–Trinajstić information content (AvgIpc) is 2.85. The standard InChI is InChI=1S/C28H28ClF4N3O/c1-18-7-10-24(11-8-18)35-26(37)36-27(16-19-5-3-2-4-6-19,25-12-9-22(29)17-34-25)20-13-21(28(31,32)33)15-23(30)14-20/h2-6,9,12-15,17-18,24H,7-8,10-11,16H2,1H3,(H2,35,36,37)/t18-,24-,27-/m1/s1. The van der Waals surface area contributed by atoms with E-state index >= 15 is 0 Å². The highest BCUT2D eigenvalue weighted by molar-refractivity contribution is 6.30. The summed E-state index contributed by atoms with van der Waals surface area (Å²) in [6, 6.07) is 13.7. The van der Waals surface area contributed by atoms with Crippen LogP contribution >= 0.6 is 11.6 Å². The minimum Gasteiger partial charge on any atom is -0.335 e. The highest BCUT2D eigenvalue weighted by Crippen LogP contribution is 2.38. The zero-order valence-electron chi connectivity index (χ0n) is 20.3. The fraction of sp³-hybridized carbons (Fsp3) is 0.357. The predicted molar refractivity (Wildman–Crippen MR) is 135 cm³/mol. The van der Waals surface area contributed by atoms with Crippen LogP contribution in [0.3, 0.4) is 0 Å². The molecular weight excluding hydrogens is 506 g/mol. The number of rotatable bonds is 6. The molecule has 4 nitrogen and oxygen atoms in total. The van der Waals surface area contributed by atoms with Crippen molar-refractivity contribution in [3.05, 3.63) is 100 Å². The molecule has 0 radical (unpaired) electrons. The predicted octanol–water partition coefficient (Wildman–Crippen LogP) is 7.26. The van der Waals surface area contributed by atoms with Crippen molar-refractivity contribution in [1.82, 2.24) is 15.6 Å². The van der Waals surface area contributed by atoms with Gasteiger partial charge in [0.1, 0.15) is 11.4 Å². The number of alkyl halides is 3. The molecule has 1 fully saturated rings. The van der Waals surface area contributed by atoms with Gasteiger partial charge in [0.25, 0.3) is 0 Å². The Hall–Kier alpha value is -3.13. The first-order valence-electron chi connectivity index (χ1n) is 12.2. The second-order valence-corrected chi connectivity index (χ2v) is 10.1. The summed E-state index contributed by atoms with van der Waals surface area (Å²) in [5.74, 6) is -0.496. The summed E-state index contributed by atoms with van der Waals surface area (Å²) < 4.78 is 55.8. The molecular formula is C28H28ClF4N3O. The first-order valence-corrected chi connectivity index (χ1v) is 12.6. The van der Waals surface area contributed by atoms with Gasteiger partial charge in [0.05, 0.1) is 16.3 Å². The van der Waals surface area contributed by atoms with Crippen LogP contribution in [0.5, 0.6) is 0 Å². The molecule has 1 heterocycles. The minimum absolute atomic E-state index is 0.0261. The Labute approximate surface area is 218 Å². The lowest BCUT2D eigenvalue weighted by Crippen LogP contribution is -2.54. The topological polar surface area (TPSA) is 54.0 Å². The largest absolute Gasteiger partial charge is 0.416 e. The van der Waals surface area contributed by atoms with Crippen LogP contribution in [-0.4, -0.2) is 17.1 Å². The van der Waals surface area contributed by atoms with Crippen molar-refractivity contribution >= 4 is 17.6 Å². The highest BCUT2D eigenvalue weighted by Gasteiger charge is 2.41. The summed E-state index contributed by atoms with van der Waals surface area (Å²) in [7, 11) is 0. The average molecular weight is 534 g/mol. The number of urea groups is 1. The smallest absolute Gasteiger partial charge is 0.335 e. The summed E-state index contributed by atoms with van der Waals surface area (Å²) >= 11 is 6.05. The molecule has 196 valence electrons. The number of benzene rings is 2. The van der Waals surface area contributed by atoms with Gasteiger partial charge in [0.15, 0.2) is 0 Å². The van der Waals surface area contributed by atoms with Gasteiger partial charge in [-0.2, -0.15) is 13.2 Å². The van der Waals surface area contributed by atoms with Crippen molar-refractivity contribution in [1.29, 1.82) is 0 Å². The maximum Gasteiger partial charge on any atom is 0.416 e. The van der Waals surface area contributed by atoms with Gasteiger partial charge in [-0.05, 0) is 73.1 Å². The van der Waals surface area contributed by atoms with E-state index in [1.54, 1.807) is 30.3 Å². The number of amides is 2. The Morgan fingerprint density at radius 1 is 1.00 bits per heavy atom. The van der Waals surface area contributed by atoms with E-state index in [0.717, 1.165) is 37.8 Å². The van der Waals surface area contributed by atoms with Crippen LogP contribution in [0, 0.1) is 11.7 Å². The lowest BCUT2D eigenvalue weighted by atomic mass is 9.79. The molecule has 2 amide bonds. The van der Waals surface area contributed by atoms with Crippen LogP contribution in [0.25, 0.3) is 0 Å². The number of nitrogens with zero attached hydrogens (tertiary/aromatic N) is 1. The Bertz CT molecular complexity index is 1210. The summed E-state index contributed by atoms with van der Waals surface area (Å²) in [5, 5.41) is 6.19. The van der Waals surface area contributed by atoms with Gasteiger partial charge in [0, 0.05) is 18.7 Å². The van der Waals surface area contributed by atoms with Crippen molar-refractivity contribution in [2.45, 2.75) is 56.8 Å². The maximum absolute atomic E-state index is 14.7. The number of hydrogen-bond acceptors (Lipinski definition) is 2. The number of halogens is 5. The first kappa shape index (κ1) is 26.9. The van der Waals surface area contributed by atoms with Gasteiger partial charge < -0.3 is 10.6 Å². The number of carbonyl (C=O) groups excluding carboxylic acids is 1. The van der Waals surface area contributed by atoms with Crippen LogP contribution < -0.4 is 10.6 Å². The van der Waals surface area contributed by atoms with Gasteiger partial charge in [-0.3, -0.25) is 4.98 Å². The second-order valence-electron chi connectivity index (χ2n) is 9.71. The molecule has 9 heteroatoms. The Kier molecular flexibility index (Phi) is 8.07. The lowest BCUT2D eigenvalue weighted by Gasteiger charge is -2.37. The highest BCUT2D eigenvalue weighted by atomic mass is 35.5. The van der Waals surface area contributed by atoms with Crippen LogP contribution in [0.4, 0.5) is 22.4 Å². The molecule has 37 heavy (non-hydrogen) atoms. The van der Waals surface area contributed by atoms with Crippen molar-refractivity contribution in [2.24, 2.45) is 5.92 Å². The number of aromatic nitrogens is 1. The molecule has 3 aromatic rings. The third-order valence-corrected chi connectivity index (χ3v) is 7.10. The molecule has 0 saturated heterocycles. The Balaban J connectivity index is 1.84. The summed E-state index contributed by atoms with van der Waals surface area (Å²) in [6.07, 6.45) is 0.134.